The van der Waals surface area contributed by atoms with E-state index in [0.717, 1.165) is 28.9 Å². The van der Waals surface area contributed by atoms with Gasteiger partial charge in [0.2, 0.25) is 0 Å². The van der Waals surface area contributed by atoms with Crippen LogP contribution < -0.4 is 5.73 Å². The maximum Gasteiger partial charge on any atom is 0.0672 e. The van der Waals surface area contributed by atoms with Crippen molar-refractivity contribution in [2.24, 2.45) is 5.73 Å². The predicted molar refractivity (Wildman–Crippen MR) is 75.7 cm³/mol. The zero-order valence-electron chi connectivity index (χ0n) is 10.9. The number of nitrogens with zero attached hydrogens (tertiary/aromatic N) is 2. The third-order valence-electron chi connectivity index (χ3n) is 3.07. The Bertz CT molecular complexity index is 558. The van der Waals surface area contributed by atoms with Crippen LogP contribution >= 0.6 is 11.6 Å². The third kappa shape index (κ3) is 2.42. The van der Waals surface area contributed by atoms with Gasteiger partial charge in [-0.15, -0.1) is 0 Å². The van der Waals surface area contributed by atoms with Gasteiger partial charge in [0.05, 0.1) is 5.69 Å². The SMILES string of the molecule is CCn1cc(-c2ccc(C(C)N)c(Cl)c2)c(C)n1. The van der Waals surface area contributed by atoms with Gasteiger partial charge in [-0.05, 0) is 38.0 Å². The van der Waals surface area contributed by atoms with Crippen LogP contribution in [0.25, 0.3) is 11.1 Å². The lowest BCUT2D eigenvalue weighted by molar-refractivity contribution is 0.653. The average molecular weight is 264 g/mol. The lowest BCUT2D eigenvalue weighted by atomic mass is 10.0. The van der Waals surface area contributed by atoms with Crippen molar-refractivity contribution in [2.45, 2.75) is 33.4 Å². The highest BCUT2D eigenvalue weighted by Crippen LogP contribution is 2.29. The van der Waals surface area contributed by atoms with E-state index in [0.29, 0.717) is 5.02 Å². The van der Waals surface area contributed by atoms with Crippen LogP contribution in [-0.2, 0) is 6.54 Å². The number of hydrogen-bond acceptors (Lipinski definition) is 2. The van der Waals surface area contributed by atoms with Gasteiger partial charge >= 0.3 is 0 Å². The number of rotatable bonds is 3. The van der Waals surface area contributed by atoms with E-state index in [9.17, 15) is 0 Å². The lowest BCUT2D eigenvalue weighted by Gasteiger charge is -2.09. The maximum absolute atomic E-state index is 6.26. The molecule has 2 rings (SSSR count). The Balaban J connectivity index is 2.45. The summed E-state index contributed by atoms with van der Waals surface area (Å²) in [6.07, 6.45) is 2.05. The van der Waals surface area contributed by atoms with Gasteiger partial charge in [-0.3, -0.25) is 4.68 Å². The number of halogens is 1. The zero-order chi connectivity index (χ0) is 13.3. The van der Waals surface area contributed by atoms with Crippen molar-refractivity contribution in [2.75, 3.05) is 0 Å². The summed E-state index contributed by atoms with van der Waals surface area (Å²) in [6, 6.07) is 5.95. The van der Waals surface area contributed by atoms with E-state index >= 15 is 0 Å². The highest BCUT2D eigenvalue weighted by atomic mass is 35.5. The minimum Gasteiger partial charge on any atom is -0.324 e. The van der Waals surface area contributed by atoms with Crippen LogP contribution in [0.1, 0.15) is 31.1 Å². The predicted octanol–water partition coefficient (Wildman–Crippen LogP) is 3.55. The summed E-state index contributed by atoms with van der Waals surface area (Å²) in [5.74, 6) is 0. The van der Waals surface area contributed by atoms with E-state index in [1.165, 1.54) is 0 Å². The van der Waals surface area contributed by atoms with Crippen molar-refractivity contribution in [3.8, 4) is 11.1 Å². The number of nitrogens with two attached hydrogens (primary N) is 1. The van der Waals surface area contributed by atoms with Gasteiger partial charge in [0.25, 0.3) is 0 Å². The molecule has 1 aromatic carbocycles. The highest BCUT2D eigenvalue weighted by molar-refractivity contribution is 6.31. The van der Waals surface area contributed by atoms with Crippen LogP contribution in [0.15, 0.2) is 24.4 Å². The molecule has 1 aromatic heterocycles. The van der Waals surface area contributed by atoms with Gasteiger partial charge in [0, 0.05) is 29.4 Å². The van der Waals surface area contributed by atoms with Crippen molar-refractivity contribution in [1.82, 2.24) is 9.78 Å². The molecule has 1 atom stereocenters. The summed E-state index contributed by atoms with van der Waals surface area (Å²) in [6.45, 7) is 6.88. The van der Waals surface area contributed by atoms with Crippen LogP contribution in [0.3, 0.4) is 0 Å². The highest BCUT2D eigenvalue weighted by Gasteiger charge is 2.10. The zero-order valence-corrected chi connectivity index (χ0v) is 11.7. The number of hydrogen-bond donors (Lipinski definition) is 1. The molecule has 4 heteroatoms. The van der Waals surface area contributed by atoms with Gasteiger partial charge in [0.1, 0.15) is 0 Å². The molecule has 1 unspecified atom stereocenters. The van der Waals surface area contributed by atoms with E-state index in [4.69, 9.17) is 17.3 Å². The Labute approximate surface area is 113 Å². The largest absolute Gasteiger partial charge is 0.324 e. The standard InChI is InChI=1S/C14H18ClN3/c1-4-18-8-13(10(3)17-18)11-5-6-12(9(2)16)14(15)7-11/h5-9H,4,16H2,1-3H3. The molecule has 0 aliphatic carbocycles. The van der Waals surface area contributed by atoms with E-state index in [-0.39, 0.29) is 6.04 Å². The summed E-state index contributed by atoms with van der Waals surface area (Å²) in [5, 5.41) is 5.16. The fourth-order valence-electron chi connectivity index (χ4n) is 2.03. The first-order valence-corrected chi connectivity index (χ1v) is 6.50. The van der Waals surface area contributed by atoms with Crippen LogP contribution in [0.4, 0.5) is 0 Å². The summed E-state index contributed by atoms with van der Waals surface area (Å²) >= 11 is 6.26. The molecule has 2 N–H and O–H groups in total. The third-order valence-corrected chi connectivity index (χ3v) is 3.40. The topological polar surface area (TPSA) is 43.8 Å². The Morgan fingerprint density at radius 3 is 2.67 bits per heavy atom. The molecule has 0 radical (unpaired) electrons. The lowest BCUT2D eigenvalue weighted by Crippen LogP contribution is -2.05. The molecular weight excluding hydrogens is 246 g/mol. The molecule has 0 aliphatic rings. The van der Waals surface area contributed by atoms with Crippen LogP contribution in [0.2, 0.25) is 5.02 Å². The smallest absolute Gasteiger partial charge is 0.0672 e. The molecule has 0 saturated carbocycles. The summed E-state index contributed by atoms with van der Waals surface area (Å²) < 4.78 is 1.93. The van der Waals surface area contributed by atoms with Crippen molar-refractivity contribution in [1.29, 1.82) is 0 Å². The van der Waals surface area contributed by atoms with Crippen LogP contribution in [0.5, 0.6) is 0 Å². The Kier molecular flexibility index (Phi) is 3.73. The van der Waals surface area contributed by atoms with Gasteiger partial charge in [-0.1, -0.05) is 23.7 Å². The minimum absolute atomic E-state index is 0.0500. The monoisotopic (exact) mass is 263 g/mol. The summed E-state index contributed by atoms with van der Waals surface area (Å²) in [5.41, 5.74) is 10.1. The second-order valence-electron chi connectivity index (χ2n) is 4.51. The molecule has 0 fully saturated rings. The Hall–Kier alpha value is -1.32. The van der Waals surface area contributed by atoms with Crippen molar-refractivity contribution in [3.63, 3.8) is 0 Å². The molecule has 3 nitrogen and oxygen atoms in total. The van der Waals surface area contributed by atoms with Gasteiger partial charge in [-0.25, -0.2) is 0 Å². The molecule has 0 saturated heterocycles. The first-order valence-electron chi connectivity index (χ1n) is 6.12. The molecule has 0 bridgehead atoms. The molecule has 0 aliphatic heterocycles. The number of aryl methyl sites for hydroxylation is 2. The first-order chi connectivity index (χ1) is 8.52. The normalized spacial score (nSPS) is 12.7. The van der Waals surface area contributed by atoms with E-state index in [2.05, 4.69) is 18.1 Å². The second-order valence-corrected chi connectivity index (χ2v) is 4.92. The molecular formula is C14H18ClN3. The van der Waals surface area contributed by atoms with Gasteiger partial charge < -0.3 is 5.73 Å². The van der Waals surface area contributed by atoms with E-state index in [1.807, 2.05) is 36.9 Å². The molecule has 2 aromatic rings. The van der Waals surface area contributed by atoms with Gasteiger partial charge in [0.15, 0.2) is 0 Å². The molecule has 1 heterocycles. The summed E-state index contributed by atoms with van der Waals surface area (Å²) in [7, 11) is 0. The van der Waals surface area contributed by atoms with Crippen molar-refractivity contribution >= 4 is 11.6 Å². The molecule has 0 spiro atoms. The molecule has 18 heavy (non-hydrogen) atoms. The fourth-order valence-corrected chi connectivity index (χ4v) is 2.38. The molecule has 0 amide bonds. The maximum atomic E-state index is 6.26. The van der Waals surface area contributed by atoms with Crippen molar-refractivity contribution < 1.29 is 0 Å². The second kappa shape index (κ2) is 5.12. The fraction of sp³-hybridized carbons (Fsp3) is 0.357. The van der Waals surface area contributed by atoms with Crippen molar-refractivity contribution in [3.05, 3.63) is 40.7 Å². The Morgan fingerprint density at radius 2 is 2.17 bits per heavy atom. The number of benzene rings is 1. The van der Waals surface area contributed by atoms with Crippen LogP contribution in [-0.4, -0.2) is 9.78 Å². The molecule has 96 valence electrons. The van der Waals surface area contributed by atoms with Crippen LogP contribution in [0, 0.1) is 6.92 Å². The average Bonchev–Trinajstić information content (AvgIpc) is 2.70. The van der Waals surface area contributed by atoms with Gasteiger partial charge in [-0.2, -0.15) is 5.10 Å². The minimum atomic E-state index is -0.0500. The van der Waals surface area contributed by atoms with E-state index in [1.54, 1.807) is 0 Å². The first kappa shape index (κ1) is 13.1. The number of aromatic nitrogens is 2. The Morgan fingerprint density at radius 1 is 1.44 bits per heavy atom. The van der Waals surface area contributed by atoms with E-state index < -0.39 is 0 Å². The quantitative estimate of drug-likeness (QED) is 0.920. The summed E-state index contributed by atoms with van der Waals surface area (Å²) in [4.78, 5) is 0.